The van der Waals surface area contributed by atoms with Crippen LogP contribution in [0, 0.1) is 17.2 Å². The zero-order valence-corrected chi connectivity index (χ0v) is 26.8. The second-order valence-electron chi connectivity index (χ2n) is 11.5. The number of fused-ring (bicyclic) bond motifs is 1. The van der Waals surface area contributed by atoms with Gasteiger partial charge in [0.1, 0.15) is 42.9 Å². The molecule has 2 aromatic rings. The maximum Gasteiger partial charge on any atom is 0.544 e. The Labute approximate surface area is 261 Å². The standard InChI is InChI=1S/C29H40N6O9P/c1-17(2)26(36)42-24-22(43-29(15-30,28(24,6)38)23-13-12-21-25(31)32-16-33-35(21)23)14-40-45(39,44-20-10-8-7-9-11-20)34-19(5)27(37)41-18(3)4/h7-13,16-19,22,24-25,34,38-39H,14,31H2,1-6H3,(H,32,33)/q+1/t19-,22-,24-,25?,28-,29+,45?/m1/s1. The van der Waals surface area contributed by atoms with Crippen molar-refractivity contribution in [3.05, 3.63) is 53.9 Å². The largest absolute Gasteiger partial charge is 0.544 e. The number of hydrogen-bond donors (Lipinski definition) is 5. The molecule has 0 spiro atoms. The molecule has 1 fully saturated rings. The number of nitriles is 1. The fourth-order valence-corrected chi connectivity index (χ4v) is 6.46. The summed E-state index contributed by atoms with van der Waals surface area (Å²) in [6, 6.07) is 12.4. The van der Waals surface area contributed by atoms with E-state index >= 15 is 0 Å². The van der Waals surface area contributed by atoms with Crippen molar-refractivity contribution in [3.8, 4) is 11.8 Å². The summed E-state index contributed by atoms with van der Waals surface area (Å²) in [6.45, 7) is 8.83. The molecule has 4 rings (SSSR count). The predicted molar refractivity (Wildman–Crippen MR) is 163 cm³/mol. The van der Waals surface area contributed by atoms with Crippen LogP contribution in [0.1, 0.15) is 59.1 Å². The molecule has 1 aromatic carbocycles. The molecule has 45 heavy (non-hydrogen) atoms. The van der Waals surface area contributed by atoms with Crippen molar-refractivity contribution in [2.45, 2.75) is 83.3 Å². The maximum absolute atomic E-state index is 12.8. The molecule has 0 aliphatic carbocycles. The van der Waals surface area contributed by atoms with Crippen molar-refractivity contribution in [1.82, 2.24) is 9.76 Å². The van der Waals surface area contributed by atoms with Gasteiger partial charge in [-0.05, 0) is 52.0 Å². The van der Waals surface area contributed by atoms with Gasteiger partial charge in [0.15, 0.2) is 11.9 Å². The average molecular weight is 648 g/mol. The summed E-state index contributed by atoms with van der Waals surface area (Å²) in [4.78, 5) is 41.2. The number of nitrogens with one attached hydrogen (secondary N) is 2. The van der Waals surface area contributed by atoms with Gasteiger partial charge in [-0.3, -0.25) is 24.2 Å². The third-order valence-corrected chi connectivity index (χ3v) is 8.92. The highest BCUT2D eigenvalue weighted by molar-refractivity contribution is 7.58. The minimum absolute atomic E-state index is 0.161. The molecule has 2 aliphatic heterocycles. The third-order valence-electron chi connectivity index (χ3n) is 7.25. The van der Waals surface area contributed by atoms with E-state index in [0.717, 1.165) is 0 Å². The van der Waals surface area contributed by atoms with E-state index in [1.54, 1.807) is 70.2 Å². The number of aliphatic hydroxyl groups is 1. The highest BCUT2D eigenvalue weighted by Crippen LogP contribution is 2.55. The van der Waals surface area contributed by atoms with Crippen molar-refractivity contribution in [1.29, 1.82) is 5.26 Å². The number of ether oxygens (including phenoxy) is 3. The van der Waals surface area contributed by atoms with Crippen LogP contribution in [0.5, 0.6) is 5.75 Å². The molecule has 0 bridgehead atoms. The Morgan fingerprint density at radius 2 is 1.89 bits per heavy atom. The van der Waals surface area contributed by atoms with Crippen LogP contribution < -0.4 is 20.8 Å². The highest BCUT2D eigenvalue weighted by Gasteiger charge is 2.68. The molecule has 0 amide bonds. The Morgan fingerprint density at radius 1 is 1.20 bits per heavy atom. The van der Waals surface area contributed by atoms with Crippen molar-refractivity contribution >= 4 is 26.4 Å². The first kappa shape index (κ1) is 34.3. The maximum atomic E-state index is 12.8. The van der Waals surface area contributed by atoms with Gasteiger partial charge in [0.25, 0.3) is 0 Å². The molecule has 2 unspecified atom stereocenters. The topological polar surface area (TPSA) is 212 Å². The minimum atomic E-state index is -4.14. The van der Waals surface area contributed by atoms with E-state index in [9.17, 15) is 24.9 Å². The minimum Gasteiger partial charge on any atom is -0.462 e. The first-order valence-corrected chi connectivity index (χ1v) is 16.0. The van der Waals surface area contributed by atoms with Crippen LogP contribution in [0.25, 0.3) is 0 Å². The smallest absolute Gasteiger partial charge is 0.462 e. The first-order chi connectivity index (χ1) is 21.1. The van der Waals surface area contributed by atoms with Gasteiger partial charge in [-0.1, -0.05) is 37.1 Å². The Kier molecular flexibility index (Phi) is 10.2. The number of benzene rings is 1. The zero-order valence-electron chi connectivity index (χ0n) is 25.9. The second-order valence-corrected chi connectivity index (χ2v) is 13.2. The number of nitrogens with two attached hydrogens (primary N) is 1. The van der Waals surface area contributed by atoms with Crippen LogP contribution in [0.4, 0.5) is 0 Å². The molecule has 0 saturated carbocycles. The van der Waals surface area contributed by atoms with E-state index in [-0.39, 0.29) is 11.4 Å². The van der Waals surface area contributed by atoms with E-state index in [4.69, 9.17) is 29.0 Å². The average Bonchev–Trinajstić information content (AvgIpc) is 3.50. The van der Waals surface area contributed by atoms with Gasteiger partial charge in [-0.2, -0.15) is 14.7 Å². The molecule has 3 heterocycles. The Hall–Kier alpha value is -3.61. The van der Waals surface area contributed by atoms with Gasteiger partial charge in [-0.15, -0.1) is 0 Å². The van der Waals surface area contributed by atoms with E-state index in [0.29, 0.717) is 5.69 Å². The Morgan fingerprint density at radius 3 is 2.51 bits per heavy atom. The summed E-state index contributed by atoms with van der Waals surface area (Å²) < 4.78 is 30.5. The first-order valence-electron chi connectivity index (χ1n) is 14.4. The van der Waals surface area contributed by atoms with E-state index in [1.807, 2.05) is 0 Å². The summed E-state index contributed by atoms with van der Waals surface area (Å²) in [5, 5.41) is 25.3. The SMILES string of the molecule is CC(C)OC(=O)[C@@H](C)N[P+](O)(OC[C@H]1O[C@@](C#N)(c2ccc3n2NC=NC3N)[C@](C)(O)[C@@H]1OC(=O)C(C)C)Oc1ccccc1. The normalized spacial score (nSPS) is 27.6. The fraction of sp³-hybridized carbons (Fsp3) is 0.517. The van der Waals surface area contributed by atoms with Crippen molar-refractivity contribution in [3.63, 3.8) is 0 Å². The molecule has 7 atom stereocenters. The fourth-order valence-electron chi connectivity index (χ4n) is 4.93. The molecule has 15 nitrogen and oxygen atoms in total. The quantitative estimate of drug-likeness (QED) is 0.165. The van der Waals surface area contributed by atoms with E-state index in [2.05, 4.69) is 21.6 Å². The van der Waals surface area contributed by atoms with Crippen LogP contribution in [0.2, 0.25) is 0 Å². The molecule has 1 saturated heterocycles. The lowest BCUT2D eigenvalue weighted by molar-refractivity contribution is -0.168. The molecule has 244 valence electrons. The predicted octanol–water partition coefficient (Wildman–Crippen LogP) is 2.16. The molecular formula is C29H40N6O9P+. The number of carbonyl (C=O) groups is 2. The summed E-state index contributed by atoms with van der Waals surface area (Å²) in [5.41, 5.74) is 5.35. The number of esters is 2. The van der Waals surface area contributed by atoms with Crippen molar-refractivity contribution in [2.24, 2.45) is 16.6 Å². The molecular weight excluding hydrogens is 607 g/mol. The van der Waals surface area contributed by atoms with Crippen LogP contribution >= 0.6 is 8.09 Å². The van der Waals surface area contributed by atoms with Crippen LogP contribution in [0.15, 0.2) is 47.5 Å². The lowest BCUT2D eigenvalue weighted by Gasteiger charge is -2.36. The third kappa shape index (κ3) is 6.97. The van der Waals surface area contributed by atoms with Gasteiger partial charge in [-0.25, -0.2) is 4.99 Å². The summed E-state index contributed by atoms with van der Waals surface area (Å²) in [5.74, 6) is -1.69. The van der Waals surface area contributed by atoms with E-state index in [1.165, 1.54) is 24.9 Å². The highest BCUT2D eigenvalue weighted by atomic mass is 31.2. The lowest BCUT2D eigenvalue weighted by atomic mass is 9.80. The van der Waals surface area contributed by atoms with Gasteiger partial charge >= 0.3 is 20.0 Å². The molecule has 16 heteroatoms. The summed E-state index contributed by atoms with van der Waals surface area (Å²) >= 11 is 0. The summed E-state index contributed by atoms with van der Waals surface area (Å²) in [7, 11) is -4.14. The number of rotatable bonds is 12. The molecule has 6 N–H and O–H groups in total. The summed E-state index contributed by atoms with van der Waals surface area (Å²) in [6.07, 6.45) is -2.59. The van der Waals surface area contributed by atoms with Crippen molar-refractivity contribution in [2.75, 3.05) is 12.0 Å². The van der Waals surface area contributed by atoms with Gasteiger partial charge < -0.3 is 25.1 Å². The number of aliphatic imine (C=N–C) groups is 1. The van der Waals surface area contributed by atoms with Crippen molar-refractivity contribution < 1.29 is 42.8 Å². The zero-order chi connectivity index (χ0) is 33.2. The van der Waals surface area contributed by atoms with Crippen LogP contribution in [0.3, 0.4) is 0 Å². The van der Waals surface area contributed by atoms with Crippen LogP contribution in [-0.4, -0.2) is 69.5 Å². The number of hydrogen-bond acceptors (Lipinski definition) is 14. The van der Waals surface area contributed by atoms with Gasteiger partial charge in [0.05, 0.1) is 23.4 Å². The molecule has 1 aromatic heterocycles. The molecule has 2 aliphatic rings. The molecule has 0 radical (unpaired) electrons. The number of carbonyl (C=O) groups excluding carboxylic acids is 2. The second kappa shape index (κ2) is 13.4. The lowest BCUT2D eigenvalue weighted by Crippen LogP contribution is -2.54. The Bertz CT molecular complexity index is 1450. The number of aromatic nitrogens is 1. The monoisotopic (exact) mass is 647 g/mol. The Balaban J connectivity index is 1.69. The number of nitrogens with zero attached hydrogens (tertiary/aromatic N) is 3. The van der Waals surface area contributed by atoms with Crippen LogP contribution in [-0.2, 0) is 33.9 Å². The van der Waals surface area contributed by atoms with Gasteiger partial charge in [0, 0.05) is 0 Å². The van der Waals surface area contributed by atoms with Gasteiger partial charge in [0.2, 0.25) is 5.60 Å². The number of para-hydroxylation sites is 1. The van der Waals surface area contributed by atoms with E-state index < -0.39 is 74.3 Å².